The van der Waals surface area contributed by atoms with Gasteiger partial charge in [-0.1, -0.05) is 25.1 Å². The standard InChI is InChI=1S/C22H27N5O5S/c1-13(2)21(22(28)29)24-33(30,31)16-6-8-19-18(10-16)17-7-5-15(9-20(17)32-19)27-12-14(23-25-27)11-26(3)4/h6-10,12-13,15,21,24H,5,11H2,1-4H3,(H,28,29)/t15?,21-/m1/s1. The minimum Gasteiger partial charge on any atom is -0.480 e. The van der Waals surface area contributed by atoms with Crippen LogP contribution in [-0.4, -0.2) is 59.5 Å². The van der Waals surface area contributed by atoms with Crippen molar-refractivity contribution in [2.75, 3.05) is 14.1 Å². The Morgan fingerprint density at radius 3 is 2.79 bits per heavy atom. The summed E-state index contributed by atoms with van der Waals surface area (Å²) >= 11 is 0. The largest absolute Gasteiger partial charge is 0.480 e. The zero-order chi connectivity index (χ0) is 23.9. The van der Waals surface area contributed by atoms with Gasteiger partial charge in [0.05, 0.1) is 22.8 Å². The smallest absolute Gasteiger partial charge is 0.322 e. The van der Waals surface area contributed by atoms with Gasteiger partial charge >= 0.3 is 5.97 Å². The second kappa shape index (κ2) is 8.73. The first-order valence-electron chi connectivity index (χ1n) is 10.6. The summed E-state index contributed by atoms with van der Waals surface area (Å²) in [4.78, 5) is 13.5. The molecule has 2 heterocycles. The van der Waals surface area contributed by atoms with Crippen LogP contribution in [0.3, 0.4) is 0 Å². The number of carboxylic acid groups (broad SMARTS) is 1. The minimum absolute atomic E-state index is 0.00868. The van der Waals surface area contributed by atoms with Crippen LogP contribution in [0.2, 0.25) is 0 Å². The van der Waals surface area contributed by atoms with Crippen LogP contribution in [-0.2, 0) is 21.4 Å². The molecular weight excluding hydrogens is 446 g/mol. The molecule has 0 amide bonds. The zero-order valence-electron chi connectivity index (χ0n) is 18.9. The second-order valence-corrected chi connectivity index (χ2v) is 10.5. The average molecular weight is 474 g/mol. The molecule has 0 bridgehead atoms. The van der Waals surface area contributed by atoms with E-state index in [2.05, 4.69) is 15.0 Å². The summed E-state index contributed by atoms with van der Waals surface area (Å²) in [6.07, 6.45) is 6.51. The number of aromatic nitrogens is 3. The average Bonchev–Trinajstić information content (AvgIpc) is 3.34. The molecular formula is C22H27N5O5S. The highest BCUT2D eigenvalue weighted by Crippen LogP contribution is 2.21. The van der Waals surface area contributed by atoms with Crippen molar-refractivity contribution < 1.29 is 22.7 Å². The van der Waals surface area contributed by atoms with Crippen molar-refractivity contribution >= 4 is 39.1 Å². The lowest BCUT2D eigenvalue weighted by Gasteiger charge is -2.18. The highest BCUT2D eigenvalue weighted by Gasteiger charge is 2.28. The number of carbonyl (C=O) groups is 1. The van der Waals surface area contributed by atoms with Gasteiger partial charge in [0.15, 0.2) is 0 Å². The first-order chi connectivity index (χ1) is 15.5. The van der Waals surface area contributed by atoms with E-state index in [9.17, 15) is 18.3 Å². The van der Waals surface area contributed by atoms with Crippen molar-refractivity contribution in [3.05, 3.63) is 40.7 Å². The molecule has 1 aliphatic rings. The molecule has 1 aromatic carbocycles. The lowest BCUT2D eigenvalue weighted by Crippen LogP contribution is -2.44. The molecule has 0 saturated heterocycles. The molecule has 3 aromatic rings. The number of carboxylic acids is 1. The fourth-order valence-corrected chi connectivity index (χ4v) is 5.22. The summed E-state index contributed by atoms with van der Waals surface area (Å²) in [7, 11) is -0.0952. The summed E-state index contributed by atoms with van der Waals surface area (Å²) in [5.41, 5.74) is 2.06. The predicted molar refractivity (Wildman–Crippen MR) is 122 cm³/mol. The van der Waals surface area contributed by atoms with E-state index in [1.54, 1.807) is 24.6 Å². The number of sulfonamides is 1. The van der Waals surface area contributed by atoms with E-state index in [1.165, 1.54) is 12.1 Å². The molecule has 176 valence electrons. The molecule has 11 heteroatoms. The van der Waals surface area contributed by atoms with Gasteiger partial charge < -0.3 is 14.4 Å². The molecule has 2 N–H and O–H groups in total. The molecule has 2 atom stereocenters. The lowest BCUT2D eigenvalue weighted by molar-refractivity contribution is -0.140. The quantitative estimate of drug-likeness (QED) is 0.488. The number of nitrogens with one attached hydrogen (secondary N) is 1. The summed E-state index contributed by atoms with van der Waals surface area (Å²) in [6.45, 7) is 3.99. The maximum atomic E-state index is 12.9. The van der Waals surface area contributed by atoms with Crippen molar-refractivity contribution in [2.24, 2.45) is 5.92 Å². The van der Waals surface area contributed by atoms with Crippen molar-refractivity contribution in [2.45, 2.75) is 43.8 Å². The maximum absolute atomic E-state index is 12.9. The summed E-state index contributed by atoms with van der Waals surface area (Å²) in [5, 5.41) is 19.3. The normalized spacial score (nSPS) is 17.1. The first kappa shape index (κ1) is 23.1. The monoisotopic (exact) mass is 473 g/mol. The van der Waals surface area contributed by atoms with Crippen molar-refractivity contribution in [1.82, 2.24) is 24.6 Å². The highest BCUT2D eigenvalue weighted by atomic mass is 32.2. The number of aliphatic carboxylic acids is 1. The number of rotatable bonds is 8. The van der Waals surface area contributed by atoms with Gasteiger partial charge in [-0.15, -0.1) is 5.10 Å². The van der Waals surface area contributed by atoms with Gasteiger partial charge in [0.1, 0.15) is 17.0 Å². The van der Waals surface area contributed by atoms with Gasteiger partial charge in [0.2, 0.25) is 10.0 Å². The third-order valence-electron chi connectivity index (χ3n) is 5.53. The van der Waals surface area contributed by atoms with Gasteiger partial charge in [-0.2, -0.15) is 4.72 Å². The number of hydrogen-bond acceptors (Lipinski definition) is 7. The van der Waals surface area contributed by atoms with Gasteiger partial charge in [0.25, 0.3) is 0 Å². The molecule has 0 radical (unpaired) electrons. The number of furan rings is 1. The third kappa shape index (κ3) is 4.70. The number of benzene rings is 1. The highest BCUT2D eigenvalue weighted by molar-refractivity contribution is 7.89. The third-order valence-corrected chi connectivity index (χ3v) is 6.97. The molecule has 0 saturated carbocycles. The van der Waals surface area contributed by atoms with Crippen LogP contribution in [0.4, 0.5) is 0 Å². The molecule has 1 aliphatic carbocycles. The van der Waals surface area contributed by atoms with E-state index in [0.29, 0.717) is 29.4 Å². The fourth-order valence-electron chi connectivity index (χ4n) is 3.86. The summed E-state index contributed by atoms with van der Waals surface area (Å²) < 4.78 is 35.8. The Bertz CT molecular complexity index is 1420. The van der Waals surface area contributed by atoms with Gasteiger partial charge in [-0.25, -0.2) is 13.1 Å². The van der Waals surface area contributed by atoms with Crippen LogP contribution >= 0.6 is 0 Å². The number of hydrogen-bond donors (Lipinski definition) is 2. The van der Waals surface area contributed by atoms with E-state index in [-0.39, 0.29) is 10.9 Å². The van der Waals surface area contributed by atoms with Crippen molar-refractivity contribution in [3.63, 3.8) is 0 Å². The van der Waals surface area contributed by atoms with Crippen LogP contribution in [0, 0.1) is 5.92 Å². The maximum Gasteiger partial charge on any atom is 0.322 e. The van der Waals surface area contributed by atoms with Gasteiger partial charge in [0, 0.05) is 17.1 Å². The summed E-state index contributed by atoms with van der Waals surface area (Å²) in [5.74, 6) is -1.62. The van der Waals surface area contributed by atoms with Crippen LogP contribution in [0.15, 0.2) is 33.7 Å². The molecule has 0 spiro atoms. The Balaban J connectivity index is 1.67. The Morgan fingerprint density at radius 1 is 1.36 bits per heavy atom. The van der Waals surface area contributed by atoms with Crippen molar-refractivity contribution in [3.8, 4) is 0 Å². The molecule has 10 nitrogen and oxygen atoms in total. The van der Waals surface area contributed by atoms with Gasteiger partial charge in [-0.05, 0) is 50.7 Å². The first-order valence-corrected chi connectivity index (χ1v) is 12.1. The number of fused-ring (bicyclic) bond motifs is 3. The van der Waals surface area contributed by atoms with E-state index in [0.717, 1.165) is 10.9 Å². The molecule has 33 heavy (non-hydrogen) atoms. The summed E-state index contributed by atoms with van der Waals surface area (Å²) in [6, 6.07) is 3.25. The molecule has 0 aliphatic heterocycles. The second-order valence-electron chi connectivity index (χ2n) is 8.82. The Labute approximate surface area is 191 Å². The SMILES string of the molecule is CC(C)[C@@H](NS(=O)(=O)c1ccc2oc3c(c2c1)=CCC(n1cc(CN(C)C)nn1)C=3)C(=O)O. The van der Waals surface area contributed by atoms with Crippen LogP contribution in [0.1, 0.15) is 32.0 Å². The Morgan fingerprint density at radius 2 is 2.12 bits per heavy atom. The van der Waals surface area contributed by atoms with Crippen LogP contribution < -0.4 is 15.4 Å². The molecule has 1 unspecified atom stereocenters. The van der Waals surface area contributed by atoms with E-state index >= 15 is 0 Å². The molecule has 2 aromatic heterocycles. The minimum atomic E-state index is -4.03. The van der Waals surface area contributed by atoms with Crippen LogP contribution in [0.5, 0.6) is 0 Å². The Hall–Kier alpha value is -3.02. The van der Waals surface area contributed by atoms with E-state index in [4.69, 9.17) is 4.42 Å². The molecule has 0 fully saturated rings. The van der Waals surface area contributed by atoms with Crippen molar-refractivity contribution in [1.29, 1.82) is 0 Å². The van der Waals surface area contributed by atoms with E-state index < -0.39 is 28.0 Å². The van der Waals surface area contributed by atoms with Gasteiger partial charge in [-0.3, -0.25) is 4.79 Å². The zero-order valence-corrected chi connectivity index (χ0v) is 19.7. The topological polar surface area (TPSA) is 131 Å². The predicted octanol–water partition coefficient (Wildman–Crippen LogP) is 0.679. The lowest BCUT2D eigenvalue weighted by atomic mass is 10.1. The fraction of sp³-hybridized carbons (Fsp3) is 0.409. The van der Waals surface area contributed by atoms with E-state index in [1.807, 2.05) is 37.3 Å². The molecule has 4 rings (SSSR count). The van der Waals surface area contributed by atoms with Crippen LogP contribution in [0.25, 0.3) is 23.1 Å². The number of nitrogens with zero attached hydrogens (tertiary/aromatic N) is 4. The Kier molecular flexibility index (Phi) is 6.12.